The van der Waals surface area contributed by atoms with Gasteiger partial charge in [-0.2, -0.15) is 0 Å². The molecule has 0 spiro atoms. The lowest BCUT2D eigenvalue weighted by molar-refractivity contribution is 0.0444. The molecule has 2 aromatic carbocycles. The number of carbonyl (C=O) groups is 2. The Morgan fingerprint density at radius 1 is 0.913 bits per heavy atom. The summed E-state index contributed by atoms with van der Waals surface area (Å²) in [5.74, 6) is -0.290. The predicted molar refractivity (Wildman–Crippen MR) is 88.7 cm³/mol. The van der Waals surface area contributed by atoms with Gasteiger partial charge >= 0.3 is 11.9 Å². The van der Waals surface area contributed by atoms with Gasteiger partial charge in [0.15, 0.2) is 0 Å². The van der Waals surface area contributed by atoms with Crippen molar-refractivity contribution in [3.05, 3.63) is 70.8 Å². The molecule has 118 valence electrons. The summed E-state index contributed by atoms with van der Waals surface area (Å²) in [6.45, 7) is 4.38. The number of hydrogen-bond donors (Lipinski definition) is 0. The third-order valence-electron chi connectivity index (χ3n) is 4.64. The lowest BCUT2D eigenvalue weighted by Gasteiger charge is -2.21. The molecule has 2 unspecified atom stereocenters. The Hall–Kier alpha value is -2.42. The topological polar surface area (TPSA) is 43.4 Å². The van der Waals surface area contributed by atoms with E-state index in [9.17, 15) is 9.59 Å². The average Bonchev–Trinajstić information content (AvgIpc) is 2.87. The van der Waals surface area contributed by atoms with Gasteiger partial charge in [0.1, 0.15) is 0 Å². The van der Waals surface area contributed by atoms with Crippen LogP contribution < -0.4 is 0 Å². The monoisotopic (exact) mass is 308 g/mol. The summed E-state index contributed by atoms with van der Waals surface area (Å²) in [4.78, 5) is 23.3. The van der Waals surface area contributed by atoms with E-state index in [4.69, 9.17) is 0 Å². The smallest absolute Gasteiger partial charge is 0.346 e. The molecular weight excluding hydrogens is 288 g/mol. The van der Waals surface area contributed by atoms with E-state index in [-0.39, 0.29) is 0 Å². The number of carbonyl (C=O) groups excluding carboxylic acids is 2. The first-order valence-corrected chi connectivity index (χ1v) is 8.05. The fraction of sp³-hybridized carbons (Fsp3) is 0.300. The Morgan fingerprint density at radius 3 is 2.30 bits per heavy atom. The molecule has 3 heteroatoms. The van der Waals surface area contributed by atoms with Crippen molar-refractivity contribution < 1.29 is 14.3 Å². The minimum absolute atomic E-state index is 0.346. The number of fused-ring (bicyclic) bond motifs is 1. The molecule has 1 heterocycles. The highest BCUT2D eigenvalue weighted by Crippen LogP contribution is 2.33. The highest BCUT2D eigenvalue weighted by molar-refractivity contribution is 6.14. The lowest BCUT2D eigenvalue weighted by atomic mass is 9.84. The molecule has 0 saturated carbocycles. The van der Waals surface area contributed by atoms with Crippen LogP contribution in [0.2, 0.25) is 0 Å². The molecule has 2 aromatic rings. The maximum atomic E-state index is 11.7. The van der Waals surface area contributed by atoms with Gasteiger partial charge in [-0.3, -0.25) is 0 Å². The second-order valence-corrected chi connectivity index (χ2v) is 6.13. The van der Waals surface area contributed by atoms with E-state index in [1.165, 1.54) is 5.56 Å². The highest BCUT2D eigenvalue weighted by atomic mass is 16.6. The quantitative estimate of drug-likeness (QED) is 0.595. The first-order chi connectivity index (χ1) is 11.1. The summed E-state index contributed by atoms with van der Waals surface area (Å²) in [5.41, 5.74) is 3.20. The van der Waals surface area contributed by atoms with E-state index in [0.29, 0.717) is 23.0 Å². The summed E-state index contributed by atoms with van der Waals surface area (Å²) in [7, 11) is 0. The highest BCUT2D eigenvalue weighted by Gasteiger charge is 2.30. The zero-order valence-electron chi connectivity index (χ0n) is 13.4. The van der Waals surface area contributed by atoms with Gasteiger partial charge in [0.05, 0.1) is 11.1 Å². The van der Waals surface area contributed by atoms with Crippen molar-refractivity contribution in [3.63, 3.8) is 0 Å². The largest absolute Gasteiger partial charge is 0.386 e. The van der Waals surface area contributed by atoms with Crippen LogP contribution in [0.1, 0.15) is 70.4 Å². The summed E-state index contributed by atoms with van der Waals surface area (Å²) in [5, 5.41) is 0. The van der Waals surface area contributed by atoms with Crippen LogP contribution in [-0.4, -0.2) is 11.9 Å². The van der Waals surface area contributed by atoms with Crippen molar-refractivity contribution in [1.29, 1.82) is 0 Å². The fourth-order valence-corrected chi connectivity index (χ4v) is 3.24. The van der Waals surface area contributed by atoms with Crippen LogP contribution in [0.5, 0.6) is 0 Å². The lowest BCUT2D eigenvalue weighted by Crippen LogP contribution is -2.05. The van der Waals surface area contributed by atoms with Crippen LogP contribution in [0, 0.1) is 0 Å². The Labute approximate surface area is 136 Å². The van der Waals surface area contributed by atoms with E-state index >= 15 is 0 Å². The minimum Gasteiger partial charge on any atom is -0.386 e. The maximum Gasteiger partial charge on any atom is 0.346 e. The third kappa shape index (κ3) is 3.04. The van der Waals surface area contributed by atoms with Gasteiger partial charge in [-0.25, -0.2) is 9.59 Å². The summed E-state index contributed by atoms with van der Waals surface area (Å²) < 4.78 is 4.67. The van der Waals surface area contributed by atoms with E-state index in [1.807, 2.05) is 18.2 Å². The number of esters is 2. The molecule has 0 N–H and O–H groups in total. The number of benzene rings is 2. The molecule has 0 aliphatic carbocycles. The number of hydrogen-bond acceptors (Lipinski definition) is 3. The number of cyclic esters (lactones) is 2. The van der Waals surface area contributed by atoms with Crippen molar-refractivity contribution in [2.75, 3.05) is 0 Å². The Balaban J connectivity index is 1.83. The van der Waals surface area contributed by atoms with E-state index < -0.39 is 11.9 Å². The fourth-order valence-electron chi connectivity index (χ4n) is 3.24. The van der Waals surface area contributed by atoms with Gasteiger partial charge in [-0.05, 0) is 47.9 Å². The number of ether oxygens (including phenoxy) is 1. The van der Waals surface area contributed by atoms with Crippen LogP contribution in [0.4, 0.5) is 0 Å². The minimum atomic E-state index is -0.540. The van der Waals surface area contributed by atoms with Crippen LogP contribution >= 0.6 is 0 Å². The SMILES string of the molecule is CCC(CC(C)c1ccccc1)c1ccc2c(c1)C(=O)OC2=O. The molecule has 1 aliphatic rings. The van der Waals surface area contributed by atoms with Gasteiger partial charge in [0, 0.05) is 0 Å². The van der Waals surface area contributed by atoms with Gasteiger partial charge in [0.25, 0.3) is 0 Å². The molecule has 0 bridgehead atoms. The van der Waals surface area contributed by atoms with Crippen LogP contribution in [0.25, 0.3) is 0 Å². The molecule has 0 radical (unpaired) electrons. The molecule has 23 heavy (non-hydrogen) atoms. The van der Waals surface area contributed by atoms with Crippen LogP contribution in [0.3, 0.4) is 0 Å². The molecular formula is C20H20O3. The van der Waals surface area contributed by atoms with Gasteiger partial charge in [-0.1, -0.05) is 50.2 Å². The Kier molecular flexibility index (Phi) is 4.28. The van der Waals surface area contributed by atoms with Crippen molar-refractivity contribution in [1.82, 2.24) is 0 Å². The second-order valence-electron chi connectivity index (χ2n) is 6.13. The molecule has 0 amide bonds. The molecule has 3 nitrogen and oxygen atoms in total. The van der Waals surface area contributed by atoms with Crippen molar-refractivity contribution >= 4 is 11.9 Å². The molecule has 1 aliphatic heterocycles. The summed E-state index contributed by atoms with van der Waals surface area (Å²) in [6, 6.07) is 15.9. The molecule has 0 saturated heterocycles. The summed E-state index contributed by atoms with van der Waals surface area (Å²) >= 11 is 0. The molecule has 0 fully saturated rings. The van der Waals surface area contributed by atoms with Gasteiger partial charge in [0.2, 0.25) is 0 Å². The predicted octanol–water partition coefficient (Wildman–Crippen LogP) is 4.68. The Morgan fingerprint density at radius 2 is 1.61 bits per heavy atom. The van der Waals surface area contributed by atoms with Crippen LogP contribution in [-0.2, 0) is 4.74 Å². The summed E-state index contributed by atoms with van der Waals surface area (Å²) in [6.07, 6.45) is 1.99. The van der Waals surface area contributed by atoms with Gasteiger partial charge in [-0.15, -0.1) is 0 Å². The molecule has 3 rings (SSSR count). The van der Waals surface area contributed by atoms with E-state index in [2.05, 4.69) is 42.8 Å². The van der Waals surface area contributed by atoms with Crippen molar-refractivity contribution in [2.24, 2.45) is 0 Å². The first-order valence-electron chi connectivity index (χ1n) is 8.05. The second kappa shape index (κ2) is 6.37. The zero-order chi connectivity index (χ0) is 16.4. The third-order valence-corrected chi connectivity index (χ3v) is 4.64. The number of rotatable bonds is 5. The van der Waals surface area contributed by atoms with Crippen LogP contribution in [0.15, 0.2) is 48.5 Å². The van der Waals surface area contributed by atoms with Crippen molar-refractivity contribution in [3.8, 4) is 0 Å². The standard InChI is InChI=1S/C20H20O3/c1-3-14(11-13(2)15-7-5-4-6-8-15)16-9-10-17-18(12-16)20(22)23-19(17)21/h4-10,12-14H,3,11H2,1-2H3. The van der Waals surface area contributed by atoms with Crippen molar-refractivity contribution in [2.45, 2.75) is 38.5 Å². The van der Waals surface area contributed by atoms with E-state index in [0.717, 1.165) is 18.4 Å². The Bertz CT molecular complexity index is 734. The first kappa shape index (κ1) is 15.5. The van der Waals surface area contributed by atoms with E-state index in [1.54, 1.807) is 6.07 Å². The normalized spacial score (nSPS) is 15.9. The molecule has 2 atom stereocenters. The van der Waals surface area contributed by atoms with Gasteiger partial charge < -0.3 is 4.74 Å². The zero-order valence-corrected chi connectivity index (χ0v) is 13.4. The maximum absolute atomic E-state index is 11.7. The molecule has 0 aromatic heterocycles. The average molecular weight is 308 g/mol.